The van der Waals surface area contributed by atoms with Gasteiger partial charge in [0.25, 0.3) is 0 Å². The minimum absolute atomic E-state index is 0.580. The molecule has 0 unspecified atom stereocenters. The molecular weight excluding hydrogens is 224 g/mol. The van der Waals surface area contributed by atoms with Crippen LogP contribution in [0.2, 0.25) is 0 Å². The van der Waals surface area contributed by atoms with Crippen LogP contribution in [0.25, 0.3) is 0 Å². The molecule has 0 fully saturated rings. The Morgan fingerprint density at radius 3 is 2.72 bits per heavy atom. The maximum atomic E-state index is 5.58. The summed E-state index contributed by atoms with van der Waals surface area (Å²) >= 11 is 0. The van der Waals surface area contributed by atoms with E-state index in [1.807, 2.05) is 16.9 Å². The fourth-order valence-electron chi connectivity index (χ4n) is 1.93. The fraction of sp³-hybridized carbons (Fsp3) is 0.357. The molecule has 0 bridgehead atoms. The molecule has 2 N–H and O–H groups in total. The number of aryl methyl sites for hydroxylation is 1. The normalized spacial score (nSPS) is 11.1. The van der Waals surface area contributed by atoms with E-state index >= 15 is 0 Å². The smallest absolute Gasteiger partial charge is 0.145 e. The first-order valence-electron chi connectivity index (χ1n) is 6.17. The average molecular weight is 244 g/mol. The van der Waals surface area contributed by atoms with Gasteiger partial charge in [0.2, 0.25) is 0 Å². The van der Waals surface area contributed by atoms with Crippen molar-refractivity contribution in [1.29, 1.82) is 0 Å². The summed E-state index contributed by atoms with van der Waals surface area (Å²) in [6.45, 7) is 4.93. The zero-order chi connectivity index (χ0) is 13.0. The Hall–Kier alpha value is -1.81. The molecule has 2 rings (SSSR count). The Morgan fingerprint density at radius 1 is 1.28 bits per heavy atom. The number of rotatable bonds is 5. The van der Waals surface area contributed by atoms with Gasteiger partial charge in [-0.1, -0.05) is 24.3 Å². The molecule has 0 saturated carbocycles. The second-order valence-corrected chi connectivity index (χ2v) is 4.67. The lowest BCUT2D eigenvalue weighted by molar-refractivity contribution is 0.305. The van der Waals surface area contributed by atoms with Crippen LogP contribution in [0.4, 0.5) is 5.82 Å². The lowest BCUT2D eigenvalue weighted by atomic mass is 10.1. The first-order valence-corrected chi connectivity index (χ1v) is 6.17. The van der Waals surface area contributed by atoms with Gasteiger partial charge in [0.15, 0.2) is 0 Å². The molecule has 2 aromatic rings. The number of likely N-dealkylation sites (N-methyl/N-ethyl adjacent to an activating group) is 1. The van der Waals surface area contributed by atoms with Crippen LogP contribution < -0.4 is 5.73 Å². The zero-order valence-electron chi connectivity index (χ0n) is 11.0. The lowest BCUT2D eigenvalue weighted by Gasteiger charge is -2.17. The van der Waals surface area contributed by atoms with Crippen molar-refractivity contribution in [3.05, 3.63) is 47.7 Å². The van der Waals surface area contributed by atoms with Gasteiger partial charge in [0, 0.05) is 19.3 Å². The Balaban J connectivity index is 1.85. The molecule has 1 heterocycles. The Labute approximate surface area is 108 Å². The molecule has 0 aliphatic rings. The summed E-state index contributed by atoms with van der Waals surface area (Å²) in [5, 5.41) is 4.18. The van der Waals surface area contributed by atoms with Gasteiger partial charge in [-0.15, -0.1) is 0 Å². The van der Waals surface area contributed by atoms with Crippen LogP contribution in [0.15, 0.2) is 36.5 Å². The number of nitrogens with two attached hydrogens (primary N) is 1. The summed E-state index contributed by atoms with van der Waals surface area (Å²) in [4.78, 5) is 2.29. The molecule has 0 amide bonds. The highest BCUT2D eigenvalue weighted by Crippen LogP contribution is 2.09. The quantitative estimate of drug-likeness (QED) is 0.874. The standard InChI is InChI=1S/C14H20N4/c1-12-5-3-4-6-13(12)11-17(2)9-10-18-8-7-14(15)16-18/h3-8H,9-11H2,1-2H3,(H2,15,16). The van der Waals surface area contributed by atoms with Gasteiger partial charge in [-0.25, -0.2) is 0 Å². The molecular formula is C14H20N4. The molecule has 1 aromatic heterocycles. The number of anilines is 1. The third kappa shape index (κ3) is 3.34. The minimum Gasteiger partial charge on any atom is -0.382 e. The van der Waals surface area contributed by atoms with E-state index in [1.54, 1.807) is 0 Å². The Bertz CT molecular complexity index is 504. The molecule has 0 saturated heterocycles. The number of nitrogen functional groups attached to an aromatic ring is 1. The summed E-state index contributed by atoms with van der Waals surface area (Å²) in [5.41, 5.74) is 8.30. The SMILES string of the molecule is Cc1ccccc1CN(C)CCn1ccc(N)n1. The van der Waals surface area contributed by atoms with E-state index in [0.717, 1.165) is 19.6 Å². The van der Waals surface area contributed by atoms with E-state index in [2.05, 4.69) is 48.2 Å². The molecule has 1 aromatic carbocycles. The average Bonchev–Trinajstić information content (AvgIpc) is 2.76. The predicted molar refractivity (Wildman–Crippen MR) is 74.2 cm³/mol. The van der Waals surface area contributed by atoms with E-state index in [-0.39, 0.29) is 0 Å². The highest BCUT2D eigenvalue weighted by Gasteiger charge is 2.03. The molecule has 0 spiro atoms. The van der Waals surface area contributed by atoms with Crippen LogP contribution in [0.3, 0.4) is 0 Å². The second kappa shape index (κ2) is 5.69. The highest BCUT2D eigenvalue weighted by molar-refractivity contribution is 5.25. The van der Waals surface area contributed by atoms with E-state index < -0.39 is 0 Å². The Morgan fingerprint density at radius 2 is 2.06 bits per heavy atom. The molecule has 0 atom stereocenters. The summed E-state index contributed by atoms with van der Waals surface area (Å²) in [7, 11) is 2.12. The molecule has 18 heavy (non-hydrogen) atoms. The highest BCUT2D eigenvalue weighted by atomic mass is 15.3. The van der Waals surface area contributed by atoms with Crippen LogP contribution >= 0.6 is 0 Å². The van der Waals surface area contributed by atoms with Crippen molar-refractivity contribution < 1.29 is 0 Å². The lowest BCUT2D eigenvalue weighted by Crippen LogP contribution is -2.23. The summed E-state index contributed by atoms with van der Waals surface area (Å²) in [6.07, 6.45) is 1.91. The maximum Gasteiger partial charge on any atom is 0.145 e. The van der Waals surface area contributed by atoms with Crippen molar-refractivity contribution in [2.45, 2.75) is 20.0 Å². The summed E-state index contributed by atoms with van der Waals surface area (Å²) < 4.78 is 1.88. The summed E-state index contributed by atoms with van der Waals surface area (Å²) in [5.74, 6) is 0.580. The monoisotopic (exact) mass is 244 g/mol. The molecule has 0 aliphatic heterocycles. The first-order chi connectivity index (χ1) is 8.65. The van der Waals surface area contributed by atoms with Crippen molar-refractivity contribution in [3.8, 4) is 0 Å². The minimum atomic E-state index is 0.580. The van der Waals surface area contributed by atoms with E-state index in [9.17, 15) is 0 Å². The van der Waals surface area contributed by atoms with Gasteiger partial charge in [0.05, 0.1) is 6.54 Å². The van der Waals surface area contributed by atoms with Crippen LogP contribution in [-0.4, -0.2) is 28.3 Å². The number of aromatic nitrogens is 2. The molecule has 4 heteroatoms. The Kier molecular flexibility index (Phi) is 3.99. The van der Waals surface area contributed by atoms with Crippen LogP contribution in [-0.2, 0) is 13.1 Å². The van der Waals surface area contributed by atoms with E-state index in [0.29, 0.717) is 5.82 Å². The topological polar surface area (TPSA) is 47.1 Å². The van der Waals surface area contributed by atoms with Gasteiger partial charge in [-0.3, -0.25) is 4.68 Å². The van der Waals surface area contributed by atoms with Gasteiger partial charge in [-0.05, 0) is 31.2 Å². The van der Waals surface area contributed by atoms with Crippen molar-refractivity contribution in [2.24, 2.45) is 0 Å². The predicted octanol–water partition coefficient (Wildman–Crippen LogP) is 1.91. The van der Waals surface area contributed by atoms with Crippen molar-refractivity contribution in [1.82, 2.24) is 14.7 Å². The van der Waals surface area contributed by atoms with E-state index in [4.69, 9.17) is 5.73 Å². The van der Waals surface area contributed by atoms with Crippen molar-refractivity contribution in [3.63, 3.8) is 0 Å². The zero-order valence-corrected chi connectivity index (χ0v) is 11.0. The van der Waals surface area contributed by atoms with Crippen LogP contribution in [0.1, 0.15) is 11.1 Å². The number of benzene rings is 1. The van der Waals surface area contributed by atoms with Crippen molar-refractivity contribution >= 4 is 5.82 Å². The van der Waals surface area contributed by atoms with Gasteiger partial charge in [0.1, 0.15) is 5.82 Å². The van der Waals surface area contributed by atoms with Gasteiger partial charge < -0.3 is 10.6 Å². The first kappa shape index (κ1) is 12.6. The second-order valence-electron chi connectivity index (χ2n) is 4.67. The molecule has 0 radical (unpaired) electrons. The molecule has 0 aliphatic carbocycles. The third-order valence-electron chi connectivity index (χ3n) is 3.07. The number of hydrogen-bond donors (Lipinski definition) is 1. The van der Waals surface area contributed by atoms with Gasteiger partial charge in [-0.2, -0.15) is 5.10 Å². The van der Waals surface area contributed by atoms with Crippen molar-refractivity contribution in [2.75, 3.05) is 19.3 Å². The fourth-order valence-corrected chi connectivity index (χ4v) is 1.93. The third-order valence-corrected chi connectivity index (χ3v) is 3.07. The number of nitrogens with zero attached hydrogens (tertiary/aromatic N) is 3. The molecule has 4 nitrogen and oxygen atoms in total. The van der Waals surface area contributed by atoms with Crippen LogP contribution in [0.5, 0.6) is 0 Å². The maximum absolute atomic E-state index is 5.58. The van der Waals surface area contributed by atoms with E-state index in [1.165, 1.54) is 11.1 Å². The molecule has 96 valence electrons. The van der Waals surface area contributed by atoms with Gasteiger partial charge >= 0.3 is 0 Å². The number of hydrogen-bond acceptors (Lipinski definition) is 3. The largest absolute Gasteiger partial charge is 0.382 e. The van der Waals surface area contributed by atoms with Crippen LogP contribution in [0, 0.1) is 6.92 Å². The summed E-state index contributed by atoms with van der Waals surface area (Å²) in [6, 6.07) is 10.3.